The first-order valence-electron chi connectivity index (χ1n) is 7.00. The molecule has 1 aromatic carbocycles. The van der Waals surface area contributed by atoms with Crippen LogP contribution in [0.2, 0.25) is 0 Å². The molecule has 0 bridgehead atoms. The van der Waals surface area contributed by atoms with Crippen LogP contribution < -0.4 is 0 Å². The van der Waals surface area contributed by atoms with Crippen molar-refractivity contribution < 1.29 is 14.3 Å². The van der Waals surface area contributed by atoms with E-state index >= 15 is 0 Å². The van der Waals surface area contributed by atoms with E-state index in [1.54, 1.807) is 24.9 Å². The summed E-state index contributed by atoms with van der Waals surface area (Å²) in [6, 6.07) is 9.49. The molecule has 114 valence electrons. The van der Waals surface area contributed by atoms with Crippen molar-refractivity contribution in [2.24, 2.45) is 5.41 Å². The van der Waals surface area contributed by atoms with Crippen LogP contribution in [0.5, 0.6) is 0 Å². The Kier molecular flexibility index (Phi) is 6.15. The Labute approximate surface area is 126 Å². The van der Waals surface area contributed by atoms with Gasteiger partial charge in [-0.1, -0.05) is 30.3 Å². The summed E-state index contributed by atoms with van der Waals surface area (Å²) in [5.41, 5.74) is -0.274. The number of hydrogen-bond acceptors (Lipinski definition) is 4. The molecular formula is C17H23NO3. The number of carbonyl (C=O) groups is 2. The highest BCUT2D eigenvalue weighted by atomic mass is 16.5. The Morgan fingerprint density at radius 2 is 1.86 bits per heavy atom. The highest BCUT2D eigenvalue weighted by Gasteiger charge is 2.41. The Hall–Kier alpha value is -2.10. The molecule has 0 heterocycles. The monoisotopic (exact) mass is 289 g/mol. The van der Waals surface area contributed by atoms with Crippen molar-refractivity contribution >= 4 is 11.8 Å². The van der Waals surface area contributed by atoms with Gasteiger partial charge >= 0.3 is 5.97 Å². The Morgan fingerprint density at radius 1 is 1.24 bits per heavy atom. The summed E-state index contributed by atoms with van der Waals surface area (Å²) in [5, 5.41) is 0. The molecule has 0 amide bonds. The molecule has 0 N–H and O–H groups in total. The molecular weight excluding hydrogens is 266 g/mol. The number of ether oxygens (including phenoxy) is 1. The third-order valence-corrected chi connectivity index (χ3v) is 3.19. The maximum Gasteiger partial charge on any atom is 0.320 e. The second-order valence-electron chi connectivity index (χ2n) is 5.36. The second kappa shape index (κ2) is 7.62. The highest BCUT2D eigenvalue weighted by Crippen LogP contribution is 2.26. The lowest BCUT2D eigenvalue weighted by Crippen LogP contribution is -2.39. The Morgan fingerprint density at radius 3 is 2.38 bits per heavy atom. The second-order valence-corrected chi connectivity index (χ2v) is 5.36. The number of nitrogens with zero attached hydrogens (tertiary/aromatic N) is 1. The maximum absolute atomic E-state index is 12.5. The van der Waals surface area contributed by atoms with Gasteiger partial charge in [0.15, 0.2) is 5.78 Å². The summed E-state index contributed by atoms with van der Waals surface area (Å²) in [6.45, 7) is 3.63. The lowest BCUT2D eigenvalue weighted by Gasteiger charge is -2.24. The minimum absolute atomic E-state index is 0.251. The fraction of sp³-hybridized carbons (Fsp3) is 0.412. The molecule has 0 aliphatic rings. The number of benzene rings is 1. The van der Waals surface area contributed by atoms with Gasteiger partial charge in [-0.05, 0) is 31.9 Å². The van der Waals surface area contributed by atoms with Gasteiger partial charge in [-0.2, -0.15) is 0 Å². The predicted octanol–water partition coefficient (Wildman–Crippen LogP) is 2.44. The van der Waals surface area contributed by atoms with Gasteiger partial charge < -0.3 is 9.64 Å². The molecule has 0 radical (unpaired) electrons. The Balaban J connectivity index is 3.05. The first-order chi connectivity index (χ1) is 9.90. The largest absolute Gasteiger partial charge is 0.465 e. The summed E-state index contributed by atoms with van der Waals surface area (Å²) >= 11 is 0. The van der Waals surface area contributed by atoms with E-state index < -0.39 is 11.4 Å². The molecule has 1 atom stereocenters. The van der Waals surface area contributed by atoms with Crippen LogP contribution in [0.4, 0.5) is 0 Å². The zero-order valence-electron chi connectivity index (χ0n) is 13.1. The van der Waals surface area contributed by atoms with Gasteiger partial charge in [0.25, 0.3) is 0 Å². The van der Waals surface area contributed by atoms with E-state index in [-0.39, 0.29) is 12.4 Å². The Bertz CT molecular complexity index is 508. The molecule has 0 fully saturated rings. The van der Waals surface area contributed by atoms with Crippen molar-refractivity contribution in [2.45, 2.75) is 20.3 Å². The fourth-order valence-electron chi connectivity index (χ4n) is 1.96. The lowest BCUT2D eigenvalue weighted by molar-refractivity contribution is -0.157. The van der Waals surface area contributed by atoms with Crippen LogP contribution in [0.3, 0.4) is 0 Å². The van der Waals surface area contributed by atoms with Crippen molar-refractivity contribution in [1.82, 2.24) is 4.90 Å². The smallest absolute Gasteiger partial charge is 0.320 e. The minimum atomic E-state index is -1.20. The van der Waals surface area contributed by atoms with Crippen LogP contribution >= 0.6 is 0 Å². The molecule has 0 aromatic heterocycles. The van der Waals surface area contributed by atoms with Gasteiger partial charge in [-0.15, -0.1) is 0 Å². The van der Waals surface area contributed by atoms with Gasteiger partial charge in [0.2, 0.25) is 0 Å². The van der Waals surface area contributed by atoms with Crippen LogP contribution in [0.15, 0.2) is 42.6 Å². The number of esters is 1. The van der Waals surface area contributed by atoms with Gasteiger partial charge in [0.05, 0.1) is 6.61 Å². The summed E-state index contributed by atoms with van der Waals surface area (Å²) < 4.78 is 5.10. The minimum Gasteiger partial charge on any atom is -0.465 e. The molecule has 1 rings (SSSR count). The topological polar surface area (TPSA) is 46.6 Å². The highest BCUT2D eigenvalue weighted by molar-refractivity contribution is 6.09. The van der Waals surface area contributed by atoms with E-state index in [0.29, 0.717) is 6.42 Å². The third-order valence-electron chi connectivity index (χ3n) is 3.19. The first-order valence-corrected chi connectivity index (χ1v) is 7.00. The quantitative estimate of drug-likeness (QED) is 0.439. The van der Waals surface area contributed by atoms with Crippen molar-refractivity contribution in [2.75, 3.05) is 20.7 Å². The molecule has 0 saturated heterocycles. The predicted molar refractivity (Wildman–Crippen MR) is 82.7 cm³/mol. The zero-order chi connectivity index (χ0) is 15.9. The average Bonchev–Trinajstić information content (AvgIpc) is 2.45. The van der Waals surface area contributed by atoms with Gasteiger partial charge in [0, 0.05) is 20.3 Å². The van der Waals surface area contributed by atoms with E-state index in [4.69, 9.17) is 4.74 Å². The number of ketones is 1. The number of hydrogen-bond donors (Lipinski definition) is 0. The van der Waals surface area contributed by atoms with E-state index in [2.05, 4.69) is 0 Å². The maximum atomic E-state index is 12.5. The van der Waals surface area contributed by atoms with Crippen LogP contribution in [-0.2, 0) is 20.7 Å². The standard InChI is InChI=1S/C17H23NO3/c1-5-21-16(20)17(2,15(19)11-12-18(3)4)13-14-9-7-6-8-10-14/h6-12H,5,13H2,1-4H3/b12-11+. The molecule has 0 aliphatic heterocycles. The molecule has 0 spiro atoms. The van der Waals surface area contributed by atoms with Crippen molar-refractivity contribution in [3.8, 4) is 0 Å². The molecule has 1 aromatic rings. The summed E-state index contributed by atoms with van der Waals surface area (Å²) in [5.74, 6) is -0.735. The summed E-state index contributed by atoms with van der Waals surface area (Å²) in [4.78, 5) is 26.5. The number of rotatable bonds is 7. The summed E-state index contributed by atoms with van der Waals surface area (Å²) in [6.07, 6.45) is 3.40. The van der Waals surface area contributed by atoms with Gasteiger partial charge in [0.1, 0.15) is 5.41 Å². The first kappa shape index (κ1) is 17.0. The number of carbonyl (C=O) groups excluding carboxylic acids is 2. The van der Waals surface area contributed by atoms with Crippen LogP contribution in [0.25, 0.3) is 0 Å². The third kappa shape index (κ3) is 4.74. The molecule has 4 heteroatoms. The molecule has 0 aliphatic carbocycles. The van der Waals surface area contributed by atoms with E-state index in [0.717, 1.165) is 5.56 Å². The van der Waals surface area contributed by atoms with Crippen molar-refractivity contribution in [1.29, 1.82) is 0 Å². The fourth-order valence-corrected chi connectivity index (χ4v) is 1.96. The van der Waals surface area contributed by atoms with Crippen molar-refractivity contribution in [3.63, 3.8) is 0 Å². The normalized spacial score (nSPS) is 13.7. The van der Waals surface area contributed by atoms with Gasteiger partial charge in [-0.3, -0.25) is 9.59 Å². The summed E-state index contributed by atoms with van der Waals surface area (Å²) in [7, 11) is 3.64. The SMILES string of the molecule is CCOC(=O)C(C)(Cc1ccccc1)C(=O)/C=C/N(C)C. The van der Waals surface area contributed by atoms with Gasteiger partial charge in [-0.25, -0.2) is 0 Å². The zero-order valence-corrected chi connectivity index (χ0v) is 13.1. The molecule has 4 nitrogen and oxygen atoms in total. The molecule has 0 saturated carbocycles. The van der Waals surface area contributed by atoms with Crippen LogP contribution in [0, 0.1) is 5.41 Å². The van der Waals surface area contributed by atoms with E-state index in [1.807, 2.05) is 44.4 Å². The van der Waals surface area contributed by atoms with Crippen LogP contribution in [-0.4, -0.2) is 37.4 Å². The van der Waals surface area contributed by atoms with E-state index in [9.17, 15) is 9.59 Å². The molecule has 21 heavy (non-hydrogen) atoms. The average molecular weight is 289 g/mol. The van der Waals surface area contributed by atoms with Crippen molar-refractivity contribution in [3.05, 3.63) is 48.2 Å². The van der Waals surface area contributed by atoms with Crippen LogP contribution in [0.1, 0.15) is 19.4 Å². The van der Waals surface area contributed by atoms with E-state index in [1.165, 1.54) is 6.08 Å². The molecule has 1 unspecified atom stereocenters. The lowest BCUT2D eigenvalue weighted by atomic mass is 9.79. The number of allylic oxidation sites excluding steroid dienone is 1.